The van der Waals surface area contributed by atoms with Gasteiger partial charge in [-0.1, -0.05) is 45.1 Å². The summed E-state index contributed by atoms with van der Waals surface area (Å²) in [4.78, 5) is 14.2. The molecule has 1 aliphatic heterocycles. The first-order valence-corrected chi connectivity index (χ1v) is 14.3. The third kappa shape index (κ3) is 7.34. The molecule has 1 heterocycles. The van der Waals surface area contributed by atoms with E-state index in [2.05, 4.69) is 45.2 Å². The molecule has 1 rings (SSSR count). The Morgan fingerprint density at radius 1 is 1.36 bits per heavy atom. The molecule has 1 N–H and O–H groups in total. The van der Waals surface area contributed by atoms with Crippen molar-refractivity contribution in [2.45, 2.75) is 64.4 Å². The molecule has 1 aliphatic rings. The third-order valence-corrected chi connectivity index (χ3v) is 10.6. The maximum absolute atomic E-state index is 12.5. The first kappa shape index (κ1) is 24.9. The Balaban J connectivity index is 2.97. The van der Waals surface area contributed by atoms with E-state index in [9.17, 15) is 13.2 Å². The third-order valence-electron chi connectivity index (χ3n) is 5.38. The summed E-state index contributed by atoms with van der Waals surface area (Å²) in [6.07, 6.45) is 4.63. The van der Waals surface area contributed by atoms with Gasteiger partial charge >= 0.3 is 6.09 Å². The Bertz CT molecular complexity index is 698. The quantitative estimate of drug-likeness (QED) is 0.470. The zero-order chi connectivity index (χ0) is 21.8. The fourth-order valence-corrected chi connectivity index (χ4v) is 4.56. The Kier molecular flexibility index (Phi) is 8.49. The van der Waals surface area contributed by atoms with E-state index in [1.807, 2.05) is 6.92 Å². The average Bonchev–Trinajstić information content (AvgIpc) is 2.93. The van der Waals surface area contributed by atoms with Gasteiger partial charge < -0.3 is 9.16 Å². The van der Waals surface area contributed by atoms with Crippen LogP contribution in [0.4, 0.5) is 4.79 Å². The minimum absolute atomic E-state index is 0.0730. The number of amides is 1. The van der Waals surface area contributed by atoms with Crippen molar-refractivity contribution < 1.29 is 22.4 Å². The molecule has 0 spiro atoms. The number of nitrogens with zero attached hydrogens (tertiary/aromatic N) is 1. The highest BCUT2D eigenvalue weighted by Crippen LogP contribution is 2.39. The van der Waals surface area contributed by atoms with E-state index >= 15 is 0 Å². The first-order chi connectivity index (χ1) is 12.7. The minimum atomic E-state index is -3.27. The van der Waals surface area contributed by atoms with Gasteiger partial charge in [-0.2, -0.15) is 0 Å². The van der Waals surface area contributed by atoms with E-state index in [-0.39, 0.29) is 30.3 Å². The van der Waals surface area contributed by atoms with Crippen LogP contribution in [0.25, 0.3) is 0 Å². The first-order valence-electron chi connectivity index (χ1n) is 9.51. The Hall–Kier alpha value is -1.16. The van der Waals surface area contributed by atoms with Gasteiger partial charge in [-0.15, -0.1) is 0 Å². The van der Waals surface area contributed by atoms with Gasteiger partial charge in [-0.3, -0.25) is 4.90 Å². The molecule has 0 bridgehead atoms. The van der Waals surface area contributed by atoms with Gasteiger partial charge in [0, 0.05) is 13.1 Å². The molecule has 9 heteroatoms. The molecule has 0 aliphatic carbocycles. The van der Waals surface area contributed by atoms with Gasteiger partial charge in [-0.05, 0) is 31.5 Å². The summed E-state index contributed by atoms with van der Waals surface area (Å²) in [5.41, 5.74) is 0.910. The summed E-state index contributed by atoms with van der Waals surface area (Å²) in [5.74, 6) is 0. The van der Waals surface area contributed by atoms with Crippen molar-refractivity contribution in [1.29, 1.82) is 0 Å². The average molecular weight is 433 g/mol. The lowest BCUT2D eigenvalue weighted by Crippen LogP contribution is -2.44. The Labute approximate surface area is 171 Å². The van der Waals surface area contributed by atoms with Crippen molar-refractivity contribution in [2.24, 2.45) is 0 Å². The number of hydrogen-bond donors (Lipinski definition) is 1. The zero-order valence-electron chi connectivity index (χ0n) is 18.2. The molecular weight excluding hydrogens is 396 g/mol. The normalized spacial score (nSPS) is 21.7. The van der Waals surface area contributed by atoms with Crippen LogP contribution in [0.3, 0.4) is 0 Å². The van der Waals surface area contributed by atoms with E-state index in [4.69, 9.17) is 9.16 Å². The fourth-order valence-electron chi connectivity index (χ4n) is 2.81. The number of nitrogens with one attached hydrogen (secondary N) is 1. The second-order valence-electron chi connectivity index (χ2n) is 8.84. The molecule has 0 aromatic heterocycles. The van der Waals surface area contributed by atoms with Crippen LogP contribution in [-0.4, -0.2) is 65.8 Å². The summed E-state index contributed by atoms with van der Waals surface area (Å²) in [7, 11) is -5.25. The van der Waals surface area contributed by atoms with Gasteiger partial charge in [0.15, 0.2) is 8.32 Å². The largest absolute Gasteiger partial charge is 0.445 e. The number of sulfonamides is 1. The van der Waals surface area contributed by atoms with Crippen LogP contribution in [0.1, 0.15) is 34.1 Å². The van der Waals surface area contributed by atoms with Crippen LogP contribution in [0.5, 0.6) is 0 Å². The van der Waals surface area contributed by atoms with Crippen molar-refractivity contribution in [3.05, 3.63) is 24.3 Å². The maximum atomic E-state index is 12.5. The molecule has 1 fully saturated rings. The summed E-state index contributed by atoms with van der Waals surface area (Å²) >= 11 is 0. The smallest absolute Gasteiger partial charge is 0.410 e. The molecule has 2 atom stereocenters. The van der Waals surface area contributed by atoms with Crippen molar-refractivity contribution in [2.75, 3.05) is 26.0 Å². The molecule has 0 aromatic carbocycles. The lowest BCUT2D eigenvalue weighted by molar-refractivity contribution is 0.107. The molecule has 162 valence electrons. The zero-order valence-corrected chi connectivity index (χ0v) is 20.1. The topological polar surface area (TPSA) is 84.9 Å². The second kappa shape index (κ2) is 9.56. The van der Waals surface area contributed by atoms with Gasteiger partial charge in [0.25, 0.3) is 0 Å². The van der Waals surface area contributed by atoms with E-state index in [0.717, 1.165) is 11.8 Å². The highest BCUT2D eigenvalue weighted by molar-refractivity contribution is 7.88. The van der Waals surface area contributed by atoms with Gasteiger partial charge in [0.05, 0.1) is 18.4 Å². The molecule has 0 saturated carbocycles. The van der Waals surface area contributed by atoms with Crippen molar-refractivity contribution >= 4 is 24.4 Å². The monoisotopic (exact) mass is 432 g/mol. The number of ether oxygens (including phenoxy) is 1. The van der Waals surface area contributed by atoms with Crippen LogP contribution in [0.2, 0.25) is 18.1 Å². The minimum Gasteiger partial charge on any atom is -0.445 e. The van der Waals surface area contributed by atoms with Gasteiger partial charge in [-0.25, -0.2) is 17.9 Å². The summed E-state index contributed by atoms with van der Waals surface area (Å²) in [6.45, 7) is 17.2. The summed E-state index contributed by atoms with van der Waals surface area (Å²) in [5, 5.41) is 0.0730. The SMILES string of the molecule is C=CCOC(=O)N1C[C@H](O[Si](C)(C)C(C)(C)C)C[C@H]1/C(C)=C\CNS(C)(=O)=O. The number of carbonyl (C=O) groups excluding carboxylic acids is 1. The lowest BCUT2D eigenvalue weighted by Gasteiger charge is -2.38. The molecule has 0 unspecified atom stereocenters. The van der Waals surface area contributed by atoms with E-state index in [0.29, 0.717) is 13.0 Å². The molecule has 0 aromatic rings. The molecular formula is C19H36N2O5SSi. The van der Waals surface area contributed by atoms with Crippen LogP contribution >= 0.6 is 0 Å². The molecule has 1 saturated heterocycles. The Morgan fingerprint density at radius 2 is 1.96 bits per heavy atom. The lowest BCUT2D eigenvalue weighted by atomic mass is 10.1. The Morgan fingerprint density at radius 3 is 2.46 bits per heavy atom. The van der Waals surface area contributed by atoms with Crippen molar-refractivity contribution in [3.63, 3.8) is 0 Å². The number of rotatable bonds is 8. The van der Waals surface area contributed by atoms with Crippen LogP contribution in [0.15, 0.2) is 24.3 Å². The predicted molar refractivity (Wildman–Crippen MR) is 115 cm³/mol. The van der Waals surface area contributed by atoms with E-state index < -0.39 is 24.4 Å². The highest BCUT2D eigenvalue weighted by Gasteiger charge is 2.44. The van der Waals surface area contributed by atoms with Crippen molar-refractivity contribution in [3.8, 4) is 0 Å². The maximum Gasteiger partial charge on any atom is 0.410 e. The number of hydrogen-bond acceptors (Lipinski definition) is 5. The molecule has 0 radical (unpaired) electrons. The predicted octanol–water partition coefficient (Wildman–Crippen LogP) is 3.27. The standard InChI is InChI=1S/C19H36N2O5SSi/c1-9-12-25-18(22)21-14-16(26-28(7,8)19(3,4)5)13-17(21)15(2)10-11-20-27(6,23)24/h9-10,16-17,20H,1,11-14H2,2-8H3/b15-10-/t16-,17+/m1/s1. The fraction of sp³-hybridized carbons (Fsp3) is 0.737. The van der Waals surface area contributed by atoms with E-state index in [1.165, 1.54) is 6.08 Å². The molecule has 28 heavy (non-hydrogen) atoms. The van der Waals surface area contributed by atoms with Crippen LogP contribution in [0, 0.1) is 0 Å². The van der Waals surface area contributed by atoms with Crippen LogP contribution in [-0.2, 0) is 19.2 Å². The number of carbonyl (C=O) groups is 1. The van der Waals surface area contributed by atoms with Crippen LogP contribution < -0.4 is 4.72 Å². The van der Waals surface area contributed by atoms with E-state index in [1.54, 1.807) is 11.0 Å². The molecule has 1 amide bonds. The summed E-state index contributed by atoms with van der Waals surface area (Å²) in [6, 6.07) is -0.187. The molecule has 7 nitrogen and oxygen atoms in total. The van der Waals surface area contributed by atoms with Crippen molar-refractivity contribution in [1.82, 2.24) is 9.62 Å². The van der Waals surface area contributed by atoms with Gasteiger partial charge in [0.1, 0.15) is 6.61 Å². The highest BCUT2D eigenvalue weighted by atomic mass is 32.2. The van der Waals surface area contributed by atoms with Gasteiger partial charge in [0.2, 0.25) is 10.0 Å². The summed E-state index contributed by atoms with van der Waals surface area (Å²) < 4.78 is 36.8. The second-order valence-corrected chi connectivity index (χ2v) is 15.4. The number of likely N-dealkylation sites (tertiary alicyclic amines) is 1.